The topological polar surface area (TPSA) is 0 Å². The molecular weight excluding hydrogens is 156 g/mol. The van der Waals surface area contributed by atoms with Crippen LogP contribution >= 0.6 is 0 Å². The van der Waals surface area contributed by atoms with Gasteiger partial charge in [0.15, 0.2) is 0 Å². The smallest absolute Gasteiger partial charge is 0.0352 e. The molecular formula is C13H26. The third kappa shape index (κ3) is 3.00. The van der Waals surface area contributed by atoms with Gasteiger partial charge in [0, 0.05) is 0 Å². The molecule has 1 fully saturated rings. The molecule has 0 N–H and O–H groups in total. The molecule has 0 aromatic carbocycles. The van der Waals surface area contributed by atoms with Gasteiger partial charge in [-0.25, -0.2) is 0 Å². The molecule has 0 aromatic heterocycles. The summed E-state index contributed by atoms with van der Waals surface area (Å²) in [4.78, 5) is 0. The molecule has 0 heteroatoms. The van der Waals surface area contributed by atoms with E-state index < -0.39 is 0 Å². The van der Waals surface area contributed by atoms with E-state index in [0.717, 1.165) is 17.8 Å². The molecule has 0 spiro atoms. The van der Waals surface area contributed by atoms with Gasteiger partial charge in [-0.1, -0.05) is 59.3 Å². The van der Waals surface area contributed by atoms with Crippen molar-refractivity contribution in [3.05, 3.63) is 0 Å². The van der Waals surface area contributed by atoms with Crippen LogP contribution in [0.25, 0.3) is 0 Å². The van der Waals surface area contributed by atoms with Crippen LogP contribution in [-0.2, 0) is 0 Å². The molecule has 0 radical (unpaired) electrons. The fraction of sp³-hybridized carbons (Fsp3) is 1.00. The van der Waals surface area contributed by atoms with Crippen molar-refractivity contribution in [2.45, 2.75) is 65.7 Å². The van der Waals surface area contributed by atoms with E-state index in [1.165, 1.54) is 44.9 Å². The molecule has 13 heavy (non-hydrogen) atoms. The minimum absolute atomic E-state index is 1.11. The van der Waals surface area contributed by atoms with Crippen LogP contribution in [0.4, 0.5) is 0 Å². The van der Waals surface area contributed by atoms with Gasteiger partial charge in [0.1, 0.15) is 0 Å². The van der Waals surface area contributed by atoms with Crippen molar-refractivity contribution in [3.8, 4) is 0 Å². The molecule has 3 unspecified atom stereocenters. The van der Waals surface area contributed by atoms with Crippen molar-refractivity contribution in [1.29, 1.82) is 0 Å². The van der Waals surface area contributed by atoms with Crippen molar-refractivity contribution < 1.29 is 0 Å². The lowest BCUT2D eigenvalue weighted by Gasteiger charge is -1.97. The molecule has 1 saturated carbocycles. The van der Waals surface area contributed by atoms with Gasteiger partial charge in [0.05, 0.1) is 0 Å². The first-order valence-corrected chi connectivity index (χ1v) is 6.35. The van der Waals surface area contributed by atoms with E-state index in [9.17, 15) is 0 Å². The van der Waals surface area contributed by atoms with Crippen molar-refractivity contribution in [1.82, 2.24) is 0 Å². The lowest BCUT2D eigenvalue weighted by atomic mass is 10.1. The average molecular weight is 182 g/mol. The van der Waals surface area contributed by atoms with E-state index in [4.69, 9.17) is 0 Å². The monoisotopic (exact) mass is 182 g/mol. The molecule has 3 atom stereocenters. The molecule has 0 aliphatic heterocycles. The Hall–Kier alpha value is 0. The van der Waals surface area contributed by atoms with Gasteiger partial charge in [-0.2, -0.15) is 0 Å². The van der Waals surface area contributed by atoms with Gasteiger partial charge < -0.3 is 0 Å². The van der Waals surface area contributed by atoms with Crippen molar-refractivity contribution in [2.75, 3.05) is 0 Å². The normalized spacial score (nSPS) is 32.1. The van der Waals surface area contributed by atoms with Crippen molar-refractivity contribution in [2.24, 2.45) is 17.8 Å². The molecule has 0 amide bonds. The highest BCUT2D eigenvalue weighted by atomic mass is 14.5. The summed E-state index contributed by atoms with van der Waals surface area (Å²) in [6.45, 7) is 7.00. The Labute approximate surface area is 84.1 Å². The second-order valence-electron chi connectivity index (χ2n) is 4.68. The number of rotatable bonds is 7. The first-order valence-electron chi connectivity index (χ1n) is 6.35. The molecule has 0 heterocycles. The highest BCUT2D eigenvalue weighted by molar-refractivity contribution is 4.95. The summed E-state index contributed by atoms with van der Waals surface area (Å²) >= 11 is 0. The summed E-state index contributed by atoms with van der Waals surface area (Å²) in [5.74, 6) is 3.35. The Morgan fingerprint density at radius 1 is 0.692 bits per heavy atom. The van der Waals surface area contributed by atoms with E-state index in [1.54, 1.807) is 0 Å². The number of hydrogen-bond donors (Lipinski definition) is 0. The second kappa shape index (κ2) is 5.67. The standard InChI is InChI=1S/C13H26/c1-4-7-8-10-13-11(6-3)12(13)9-5-2/h11-13H,4-10H2,1-3H3. The molecule has 78 valence electrons. The molecule has 1 aliphatic carbocycles. The molecule has 1 rings (SSSR count). The zero-order chi connectivity index (χ0) is 9.68. The van der Waals surface area contributed by atoms with Crippen molar-refractivity contribution in [3.63, 3.8) is 0 Å². The Bertz CT molecular complexity index is 128. The zero-order valence-electron chi connectivity index (χ0n) is 9.68. The SMILES string of the molecule is CCCCCC1C(CC)C1CCC. The summed E-state index contributed by atoms with van der Waals surface area (Å²) in [6.07, 6.45) is 10.2. The Kier molecular flexibility index (Phi) is 4.83. The van der Waals surface area contributed by atoms with Crippen LogP contribution in [0.3, 0.4) is 0 Å². The highest BCUT2D eigenvalue weighted by Crippen LogP contribution is 2.53. The predicted molar refractivity (Wildman–Crippen MR) is 59.8 cm³/mol. The fourth-order valence-electron chi connectivity index (χ4n) is 2.95. The zero-order valence-corrected chi connectivity index (χ0v) is 9.68. The minimum atomic E-state index is 1.11. The van der Waals surface area contributed by atoms with Gasteiger partial charge in [0.25, 0.3) is 0 Å². The van der Waals surface area contributed by atoms with Crippen LogP contribution in [0.5, 0.6) is 0 Å². The van der Waals surface area contributed by atoms with Gasteiger partial charge in [-0.15, -0.1) is 0 Å². The third-order valence-corrected chi connectivity index (χ3v) is 3.74. The maximum atomic E-state index is 2.37. The predicted octanol–water partition coefficient (Wildman–Crippen LogP) is 4.64. The average Bonchev–Trinajstić information content (AvgIpc) is 2.79. The van der Waals surface area contributed by atoms with E-state index in [1.807, 2.05) is 0 Å². The Morgan fingerprint density at radius 2 is 1.38 bits per heavy atom. The highest BCUT2D eigenvalue weighted by Gasteiger charge is 2.46. The second-order valence-corrected chi connectivity index (χ2v) is 4.68. The van der Waals surface area contributed by atoms with Crippen molar-refractivity contribution >= 4 is 0 Å². The lowest BCUT2D eigenvalue weighted by Crippen LogP contribution is -1.83. The van der Waals surface area contributed by atoms with Crippen LogP contribution in [-0.4, -0.2) is 0 Å². The molecule has 1 aliphatic rings. The molecule has 0 saturated heterocycles. The summed E-state index contributed by atoms with van der Waals surface area (Å²) in [5, 5.41) is 0. The number of unbranched alkanes of at least 4 members (excludes halogenated alkanes) is 2. The van der Waals surface area contributed by atoms with E-state index >= 15 is 0 Å². The van der Waals surface area contributed by atoms with Crippen LogP contribution in [0, 0.1) is 17.8 Å². The van der Waals surface area contributed by atoms with E-state index in [-0.39, 0.29) is 0 Å². The summed E-state index contributed by atoms with van der Waals surface area (Å²) in [7, 11) is 0. The molecule has 0 bridgehead atoms. The Balaban J connectivity index is 2.12. The fourth-order valence-corrected chi connectivity index (χ4v) is 2.95. The summed E-state index contributed by atoms with van der Waals surface area (Å²) in [6, 6.07) is 0. The quantitative estimate of drug-likeness (QED) is 0.503. The summed E-state index contributed by atoms with van der Waals surface area (Å²) < 4.78 is 0. The Morgan fingerprint density at radius 3 is 1.92 bits per heavy atom. The van der Waals surface area contributed by atoms with Gasteiger partial charge >= 0.3 is 0 Å². The lowest BCUT2D eigenvalue weighted by molar-refractivity contribution is 0.556. The van der Waals surface area contributed by atoms with Crippen LogP contribution in [0.1, 0.15) is 65.7 Å². The summed E-state index contributed by atoms with van der Waals surface area (Å²) in [5.41, 5.74) is 0. The first kappa shape index (κ1) is 11.1. The van der Waals surface area contributed by atoms with E-state index in [0.29, 0.717) is 0 Å². The van der Waals surface area contributed by atoms with Gasteiger partial charge in [-0.3, -0.25) is 0 Å². The van der Waals surface area contributed by atoms with Gasteiger partial charge in [0.2, 0.25) is 0 Å². The van der Waals surface area contributed by atoms with Crippen LogP contribution in [0.2, 0.25) is 0 Å². The maximum absolute atomic E-state index is 2.37. The first-order chi connectivity index (χ1) is 6.35. The largest absolute Gasteiger partial charge is 0.0654 e. The molecule has 0 aromatic rings. The minimum Gasteiger partial charge on any atom is -0.0654 e. The maximum Gasteiger partial charge on any atom is -0.0352 e. The van der Waals surface area contributed by atoms with Gasteiger partial charge in [-0.05, 0) is 24.2 Å². The van der Waals surface area contributed by atoms with Crippen LogP contribution < -0.4 is 0 Å². The molecule has 0 nitrogen and oxygen atoms in total. The van der Waals surface area contributed by atoms with Crippen LogP contribution in [0.15, 0.2) is 0 Å². The third-order valence-electron chi connectivity index (χ3n) is 3.74. The van der Waals surface area contributed by atoms with E-state index in [2.05, 4.69) is 20.8 Å². The number of hydrogen-bond acceptors (Lipinski definition) is 0.